The molecule has 0 unspecified atom stereocenters. The Morgan fingerprint density at radius 1 is 0.571 bits per heavy atom. The molecule has 1 heterocycles. The number of hydrogen-bond acceptors (Lipinski definition) is 1. The highest BCUT2D eigenvalue weighted by atomic mass is 32.1. The standard InChI is InChI=1S/C27H16S/c1-2-8-18-16(7-1)13-14-17-15-22-25(24(17)18)19-9-3-4-10-20(19)27-26(22)21-11-5-6-12-23(21)28-27/h1-14H,15H2. The van der Waals surface area contributed by atoms with Gasteiger partial charge in [-0.15, -0.1) is 11.3 Å². The zero-order chi connectivity index (χ0) is 18.2. The smallest absolute Gasteiger partial charge is 0.0437 e. The van der Waals surface area contributed by atoms with Crippen LogP contribution in [0.4, 0.5) is 0 Å². The fourth-order valence-electron chi connectivity index (χ4n) is 5.13. The molecule has 0 bridgehead atoms. The highest BCUT2D eigenvalue weighted by molar-refractivity contribution is 7.26. The Morgan fingerprint density at radius 3 is 2.18 bits per heavy atom. The van der Waals surface area contributed by atoms with E-state index in [0.717, 1.165) is 6.42 Å². The molecule has 0 nitrogen and oxygen atoms in total. The molecule has 0 spiro atoms. The lowest BCUT2D eigenvalue weighted by molar-refractivity contribution is 1.29. The van der Waals surface area contributed by atoms with E-state index in [1.54, 1.807) is 0 Å². The highest BCUT2D eigenvalue weighted by Crippen LogP contribution is 2.51. The van der Waals surface area contributed by atoms with E-state index in [4.69, 9.17) is 0 Å². The summed E-state index contributed by atoms with van der Waals surface area (Å²) in [5, 5.41) is 8.36. The summed E-state index contributed by atoms with van der Waals surface area (Å²) in [5.74, 6) is 0. The molecule has 1 aliphatic rings. The third-order valence-electron chi connectivity index (χ3n) is 6.27. The number of rotatable bonds is 0. The van der Waals surface area contributed by atoms with Crippen LogP contribution in [-0.2, 0) is 6.42 Å². The molecule has 1 heteroatoms. The Labute approximate surface area is 166 Å². The predicted molar refractivity (Wildman–Crippen MR) is 123 cm³/mol. The van der Waals surface area contributed by atoms with Crippen molar-refractivity contribution < 1.29 is 0 Å². The highest BCUT2D eigenvalue weighted by Gasteiger charge is 2.27. The second-order valence-electron chi connectivity index (χ2n) is 7.70. The van der Waals surface area contributed by atoms with Gasteiger partial charge in [0.15, 0.2) is 0 Å². The molecular weight excluding hydrogens is 356 g/mol. The average molecular weight is 372 g/mol. The quantitative estimate of drug-likeness (QED) is 0.253. The van der Waals surface area contributed by atoms with Gasteiger partial charge in [0.25, 0.3) is 0 Å². The van der Waals surface area contributed by atoms with Crippen LogP contribution in [0.1, 0.15) is 11.1 Å². The van der Waals surface area contributed by atoms with Crippen LogP contribution in [0.2, 0.25) is 0 Å². The van der Waals surface area contributed by atoms with Crippen molar-refractivity contribution in [1.29, 1.82) is 0 Å². The molecule has 0 saturated carbocycles. The number of thiophene rings is 1. The van der Waals surface area contributed by atoms with Crippen LogP contribution in [0.15, 0.2) is 84.9 Å². The van der Waals surface area contributed by atoms with Gasteiger partial charge < -0.3 is 0 Å². The van der Waals surface area contributed by atoms with Crippen LogP contribution in [0, 0.1) is 0 Å². The van der Waals surface area contributed by atoms with Gasteiger partial charge in [-0.05, 0) is 50.9 Å². The lowest BCUT2D eigenvalue weighted by atomic mass is 9.92. The molecule has 130 valence electrons. The molecule has 5 aromatic carbocycles. The first kappa shape index (κ1) is 14.8. The predicted octanol–water partition coefficient (Wildman–Crippen LogP) is 7.93. The molecule has 0 amide bonds. The molecule has 0 N–H and O–H groups in total. The van der Waals surface area contributed by atoms with Crippen molar-refractivity contribution in [1.82, 2.24) is 0 Å². The second-order valence-corrected chi connectivity index (χ2v) is 8.75. The van der Waals surface area contributed by atoms with Crippen LogP contribution in [0.25, 0.3) is 52.8 Å². The van der Waals surface area contributed by atoms with Gasteiger partial charge >= 0.3 is 0 Å². The molecule has 0 aliphatic heterocycles. The largest absolute Gasteiger partial charge is 0.135 e. The second kappa shape index (κ2) is 5.21. The van der Waals surface area contributed by atoms with E-state index in [0.29, 0.717) is 0 Å². The van der Waals surface area contributed by atoms with Gasteiger partial charge in [-0.3, -0.25) is 0 Å². The number of hydrogen-bond donors (Lipinski definition) is 0. The van der Waals surface area contributed by atoms with Crippen molar-refractivity contribution in [3.05, 3.63) is 96.1 Å². The van der Waals surface area contributed by atoms with Crippen molar-refractivity contribution in [3.8, 4) is 11.1 Å². The minimum atomic E-state index is 1.03. The summed E-state index contributed by atoms with van der Waals surface area (Å²) >= 11 is 1.94. The maximum Gasteiger partial charge on any atom is 0.0437 e. The average Bonchev–Trinajstić information content (AvgIpc) is 3.33. The fourth-order valence-corrected chi connectivity index (χ4v) is 6.40. The molecule has 6 aromatic rings. The molecule has 0 fully saturated rings. The van der Waals surface area contributed by atoms with Crippen LogP contribution >= 0.6 is 11.3 Å². The summed E-state index contributed by atoms with van der Waals surface area (Å²) in [6.45, 7) is 0. The fraction of sp³-hybridized carbons (Fsp3) is 0.0370. The van der Waals surface area contributed by atoms with Gasteiger partial charge in [-0.1, -0.05) is 78.9 Å². The summed E-state index contributed by atoms with van der Waals surface area (Å²) in [5.41, 5.74) is 5.87. The zero-order valence-electron chi connectivity index (χ0n) is 15.2. The molecule has 0 radical (unpaired) electrons. The van der Waals surface area contributed by atoms with Gasteiger partial charge in [-0.2, -0.15) is 0 Å². The zero-order valence-corrected chi connectivity index (χ0v) is 16.0. The third-order valence-corrected chi connectivity index (χ3v) is 7.48. The monoisotopic (exact) mass is 372 g/mol. The van der Waals surface area contributed by atoms with Crippen LogP contribution in [0.3, 0.4) is 0 Å². The van der Waals surface area contributed by atoms with Crippen LogP contribution in [0.5, 0.6) is 0 Å². The Balaban J connectivity index is 1.79. The first-order valence-corrected chi connectivity index (χ1v) is 10.6. The summed E-state index contributed by atoms with van der Waals surface area (Å²) in [4.78, 5) is 0. The topological polar surface area (TPSA) is 0 Å². The molecule has 0 atom stereocenters. The minimum Gasteiger partial charge on any atom is -0.135 e. The maximum absolute atomic E-state index is 2.34. The Bertz CT molecular complexity index is 1580. The van der Waals surface area contributed by atoms with Crippen LogP contribution < -0.4 is 0 Å². The van der Waals surface area contributed by atoms with E-state index >= 15 is 0 Å². The van der Waals surface area contributed by atoms with E-state index in [1.807, 2.05) is 11.3 Å². The summed E-state index contributed by atoms with van der Waals surface area (Å²) in [7, 11) is 0. The van der Waals surface area contributed by atoms with Crippen molar-refractivity contribution in [3.63, 3.8) is 0 Å². The van der Waals surface area contributed by atoms with Crippen LogP contribution in [-0.4, -0.2) is 0 Å². The Kier molecular flexibility index (Phi) is 2.76. The maximum atomic E-state index is 2.34. The lowest BCUT2D eigenvalue weighted by Crippen LogP contribution is -1.86. The Hall–Kier alpha value is -3.16. The lowest BCUT2D eigenvalue weighted by Gasteiger charge is -2.11. The van der Waals surface area contributed by atoms with Gasteiger partial charge in [0.1, 0.15) is 0 Å². The molecular formula is C27H16S. The van der Waals surface area contributed by atoms with E-state index in [9.17, 15) is 0 Å². The van der Waals surface area contributed by atoms with Gasteiger partial charge in [0.2, 0.25) is 0 Å². The Morgan fingerprint density at radius 2 is 1.29 bits per heavy atom. The third kappa shape index (κ3) is 1.75. The van der Waals surface area contributed by atoms with Crippen molar-refractivity contribution in [2.75, 3.05) is 0 Å². The van der Waals surface area contributed by atoms with Gasteiger partial charge in [0, 0.05) is 25.6 Å². The molecule has 0 saturated heterocycles. The molecule has 1 aliphatic carbocycles. The number of fused-ring (bicyclic) bond motifs is 12. The van der Waals surface area contributed by atoms with E-state index in [-0.39, 0.29) is 0 Å². The van der Waals surface area contributed by atoms with E-state index in [2.05, 4.69) is 84.9 Å². The first-order valence-electron chi connectivity index (χ1n) is 9.76. The normalized spacial score (nSPS) is 12.9. The first-order chi connectivity index (χ1) is 13.9. The van der Waals surface area contributed by atoms with E-state index < -0.39 is 0 Å². The number of benzene rings is 5. The van der Waals surface area contributed by atoms with Crippen molar-refractivity contribution >= 4 is 53.1 Å². The minimum absolute atomic E-state index is 1.03. The molecule has 28 heavy (non-hydrogen) atoms. The molecule has 1 aromatic heterocycles. The van der Waals surface area contributed by atoms with Gasteiger partial charge in [-0.25, -0.2) is 0 Å². The SMILES string of the molecule is c1ccc2c3c(ccc2c1)Cc1c-3c2ccccc2c2sc3ccccc3c12. The van der Waals surface area contributed by atoms with E-state index in [1.165, 1.54) is 64.0 Å². The summed E-state index contributed by atoms with van der Waals surface area (Å²) < 4.78 is 2.82. The summed E-state index contributed by atoms with van der Waals surface area (Å²) in [6, 6.07) is 31.3. The van der Waals surface area contributed by atoms with Crippen molar-refractivity contribution in [2.24, 2.45) is 0 Å². The molecule has 7 rings (SSSR count). The summed E-state index contributed by atoms with van der Waals surface area (Å²) in [6.07, 6.45) is 1.03. The van der Waals surface area contributed by atoms with Crippen molar-refractivity contribution in [2.45, 2.75) is 6.42 Å². The van der Waals surface area contributed by atoms with Gasteiger partial charge in [0.05, 0.1) is 0 Å².